The molecule has 0 aliphatic heterocycles. The van der Waals surface area contributed by atoms with Gasteiger partial charge in [-0.2, -0.15) is 18.2 Å². The number of anilines is 3. The molecule has 10 heteroatoms. The maximum atomic E-state index is 12.4. The molecule has 25 heavy (non-hydrogen) atoms. The lowest BCUT2D eigenvalue weighted by molar-refractivity contribution is -0.153. The number of nitrogen functional groups attached to an aromatic ring is 1. The molecule has 0 aliphatic rings. The lowest BCUT2D eigenvalue weighted by atomic mass is 10.3. The molecule has 1 rings (SSSR count). The number of hydrogen-bond donors (Lipinski definition) is 2. The first-order chi connectivity index (χ1) is 11.5. The Labute approximate surface area is 144 Å². The van der Waals surface area contributed by atoms with Gasteiger partial charge >= 0.3 is 6.18 Å². The number of ether oxygens (including phenoxy) is 1. The van der Waals surface area contributed by atoms with Crippen molar-refractivity contribution in [2.75, 3.05) is 56.8 Å². The smallest absolute Gasteiger partial charge is 0.422 e. The van der Waals surface area contributed by atoms with Gasteiger partial charge in [-0.05, 0) is 26.2 Å². The van der Waals surface area contributed by atoms with E-state index in [1.165, 1.54) is 6.07 Å². The van der Waals surface area contributed by atoms with E-state index in [4.69, 9.17) is 5.73 Å². The number of amides is 1. The fraction of sp³-hybridized carbons (Fsp3) is 0.467. The van der Waals surface area contributed by atoms with Gasteiger partial charge in [0.05, 0.1) is 11.4 Å². The minimum absolute atomic E-state index is 0.117. The number of pyridine rings is 1. The number of nitrogens with zero attached hydrogens (tertiary/aromatic N) is 3. The second-order valence-electron chi connectivity index (χ2n) is 5.58. The molecule has 0 bridgehead atoms. The molecule has 0 radical (unpaired) electrons. The molecule has 3 N–H and O–H groups in total. The minimum Gasteiger partial charge on any atom is -0.466 e. The molecule has 0 atom stereocenters. The van der Waals surface area contributed by atoms with E-state index in [0.29, 0.717) is 13.1 Å². The SMILES string of the molecule is C=CC(=O)Nc1cc(N)c(OCC(F)(F)F)nc1N(C)CCN(C)C. The van der Waals surface area contributed by atoms with Crippen LogP contribution in [0.25, 0.3) is 0 Å². The van der Waals surface area contributed by atoms with Crippen LogP contribution in [0.1, 0.15) is 0 Å². The summed E-state index contributed by atoms with van der Waals surface area (Å²) in [5, 5.41) is 2.54. The molecule has 140 valence electrons. The highest BCUT2D eigenvalue weighted by atomic mass is 19.4. The summed E-state index contributed by atoms with van der Waals surface area (Å²) in [5.41, 5.74) is 5.84. The fourth-order valence-electron chi connectivity index (χ4n) is 1.79. The van der Waals surface area contributed by atoms with Gasteiger partial charge in [0.25, 0.3) is 0 Å². The molecule has 1 aromatic heterocycles. The third kappa shape index (κ3) is 6.87. The van der Waals surface area contributed by atoms with Crippen LogP contribution in [0.5, 0.6) is 5.88 Å². The Hall–Kier alpha value is -2.49. The summed E-state index contributed by atoms with van der Waals surface area (Å²) in [6, 6.07) is 1.31. The van der Waals surface area contributed by atoms with E-state index in [2.05, 4.69) is 21.6 Å². The first kappa shape index (κ1) is 20.6. The lowest BCUT2D eigenvalue weighted by Crippen LogP contribution is -2.30. The van der Waals surface area contributed by atoms with Gasteiger partial charge in [-0.15, -0.1) is 0 Å². The second kappa shape index (κ2) is 8.56. The van der Waals surface area contributed by atoms with Crippen LogP contribution >= 0.6 is 0 Å². The van der Waals surface area contributed by atoms with Gasteiger partial charge in [0, 0.05) is 20.1 Å². The van der Waals surface area contributed by atoms with Crippen molar-refractivity contribution in [3.8, 4) is 5.88 Å². The van der Waals surface area contributed by atoms with Gasteiger partial charge in [-0.1, -0.05) is 6.58 Å². The standard InChI is InChI=1S/C15H22F3N5O2/c1-5-12(24)20-11-8-10(19)14(25-9-15(16,17)18)21-13(11)23(4)7-6-22(2)3/h5,8H,1,6-7,9,19H2,2-4H3,(H,20,24). The third-order valence-electron chi connectivity index (χ3n) is 3.06. The monoisotopic (exact) mass is 361 g/mol. The van der Waals surface area contributed by atoms with Crippen LogP contribution < -0.4 is 20.7 Å². The maximum absolute atomic E-state index is 12.4. The van der Waals surface area contributed by atoms with Crippen molar-refractivity contribution in [3.63, 3.8) is 0 Å². The zero-order valence-electron chi connectivity index (χ0n) is 14.4. The fourth-order valence-corrected chi connectivity index (χ4v) is 1.79. The molecule has 0 fully saturated rings. The van der Waals surface area contributed by atoms with Gasteiger partial charge in [0.15, 0.2) is 12.4 Å². The molecular weight excluding hydrogens is 339 g/mol. The minimum atomic E-state index is -4.51. The highest BCUT2D eigenvalue weighted by molar-refractivity contribution is 6.01. The number of nitrogens with two attached hydrogens (primary N) is 1. The van der Waals surface area contributed by atoms with Crippen LogP contribution in [0.2, 0.25) is 0 Å². The first-order valence-electron chi connectivity index (χ1n) is 7.33. The summed E-state index contributed by atoms with van der Waals surface area (Å²) >= 11 is 0. The molecule has 0 saturated carbocycles. The average Bonchev–Trinajstić information content (AvgIpc) is 2.50. The Morgan fingerprint density at radius 1 is 1.40 bits per heavy atom. The van der Waals surface area contributed by atoms with E-state index < -0.39 is 18.7 Å². The summed E-state index contributed by atoms with van der Waals surface area (Å²) in [6.45, 7) is 3.02. The highest BCUT2D eigenvalue weighted by Gasteiger charge is 2.29. The molecular formula is C15H22F3N5O2. The maximum Gasteiger partial charge on any atom is 0.422 e. The highest BCUT2D eigenvalue weighted by Crippen LogP contribution is 2.32. The van der Waals surface area contributed by atoms with Crippen molar-refractivity contribution in [1.29, 1.82) is 0 Å². The van der Waals surface area contributed by atoms with Crippen LogP contribution in [-0.2, 0) is 4.79 Å². The zero-order valence-corrected chi connectivity index (χ0v) is 14.4. The summed E-state index contributed by atoms with van der Waals surface area (Å²) < 4.78 is 41.8. The van der Waals surface area contributed by atoms with Crippen molar-refractivity contribution in [3.05, 3.63) is 18.7 Å². The molecule has 7 nitrogen and oxygen atoms in total. The van der Waals surface area contributed by atoms with Crippen molar-refractivity contribution < 1.29 is 22.7 Å². The summed E-state index contributed by atoms with van der Waals surface area (Å²) in [6.07, 6.45) is -3.45. The number of alkyl halides is 3. The molecule has 1 aromatic rings. The third-order valence-corrected chi connectivity index (χ3v) is 3.06. The van der Waals surface area contributed by atoms with Crippen molar-refractivity contribution in [1.82, 2.24) is 9.88 Å². The predicted molar refractivity (Wildman–Crippen MR) is 90.9 cm³/mol. The van der Waals surface area contributed by atoms with Crippen LogP contribution in [0, 0.1) is 0 Å². The Bertz CT molecular complexity index is 620. The Kier molecular flexibility index (Phi) is 7.04. The summed E-state index contributed by atoms with van der Waals surface area (Å²) in [7, 11) is 5.45. The summed E-state index contributed by atoms with van der Waals surface area (Å²) in [5.74, 6) is -0.600. The lowest BCUT2D eigenvalue weighted by Gasteiger charge is -2.24. The normalized spacial score (nSPS) is 11.3. The van der Waals surface area contributed by atoms with Gasteiger partial charge in [-0.3, -0.25) is 4.79 Å². The summed E-state index contributed by atoms with van der Waals surface area (Å²) in [4.78, 5) is 19.2. The molecule has 1 amide bonds. The van der Waals surface area contributed by atoms with Crippen LogP contribution in [0.4, 0.5) is 30.4 Å². The van der Waals surface area contributed by atoms with E-state index in [-0.39, 0.29) is 23.1 Å². The van der Waals surface area contributed by atoms with Crippen molar-refractivity contribution in [2.24, 2.45) is 0 Å². The largest absolute Gasteiger partial charge is 0.466 e. The van der Waals surface area contributed by atoms with Crippen molar-refractivity contribution >= 4 is 23.1 Å². The van der Waals surface area contributed by atoms with E-state index in [9.17, 15) is 18.0 Å². The Balaban J connectivity index is 3.16. The Morgan fingerprint density at radius 2 is 2.04 bits per heavy atom. The number of halogens is 3. The molecule has 0 aromatic carbocycles. The number of carbonyl (C=O) groups is 1. The zero-order chi connectivity index (χ0) is 19.2. The number of hydrogen-bond acceptors (Lipinski definition) is 6. The van der Waals surface area contributed by atoms with E-state index in [1.54, 1.807) is 11.9 Å². The van der Waals surface area contributed by atoms with E-state index in [0.717, 1.165) is 6.08 Å². The molecule has 0 spiro atoms. The number of likely N-dealkylation sites (N-methyl/N-ethyl adjacent to an activating group) is 2. The van der Waals surface area contributed by atoms with Crippen LogP contribution in [-0.4, -0.2) is 62.8 Å². The van der Waals surface area contributed by atoms with Crippen LogP contribution in [0.15, 0.2) is 18.7 Å². The predicted octanol–water partition coefficient (Wildman–Crippen LogP) is 1.73. The number of carbonyl (C=O) groups excluding carboxylic acids is 1. The van der Waals surface area contributed by atoms with Gasteiger partial charge in [0.1, 0.15) is 0 Å². The topological polar surface area (TPSA) is 83.7 Å². The quantitative estimate of drug-likeness (QED) is 0.686. The second-order valence-corrected chi connectivity index (χ2v) is 5.58. The molecule has 0 saturated heterocycles. The number of aromatic nitrogens is 1. The van der Waals surface area contributed by atoms with Crippen LogP contribution in [0.3, 0.4) is 0 Å². The van der Waals surface area contributed by atoms with Crippen molar-refractivity contribution in [2.45, 2.75) is 6.18 Å². The van der Waals surface area contributed by atoms with E-state index in [1.807, 2.05) is 19.0 Å². The Morgan fingerprint density at radius 3 is 2.56 bits per heavy atom. The average molecular weight is 361 g/mol. The molecule has 1 heterocycles. The molecule has 0 aliphatic carbocycles. The number of rotatable bonds is 8. The van der Waals surface area contributed by atoms with Gasteiger partial charge < -0.3 is 25.6 Å². The molecule has 0 unspecified atom stereocenters. The van der Waals surface area contributed by atoms with E-state index >= 15 is 0 Å². The first-order valence-corrected chi connectivity index (χ1v) is 7.33. The van der Waals surface area contributed by atoms with Gasteiger partial charge in [0.2, 0.25) is 11.8 Å². The number of nitrogens with one attached hydrogen (secondary N) is 1. The van der Waals surface area contributed by atoms with Gasteiger partial charge in [-0.25, -0.2) is 0 Å².